The zero-order chi connectivity index (χ0) is 23.5. The molecule has 3 N–H and O–H groups in total. The van der Waals surface area contributed by atoms with Crippen molar-refractivity contribution >= 4 is 22.8 Å². The third kappa shape index (κ3) is 4.92. The number of amides is 1. The molecule has 5 heterocycles. The Kier molecular flexibility index (Phi) is 6.50. The van der Waals surface area contributed by atoms with Gasteiger partial charge in [-0.25, -0.2) is 14.4 Å². The molecule has 2 aliphatic heterocycles. The summed E-state index contributed by atoms with van der Waals surface area (Å²) in [6.45, 7) is 1.44. The number of carbonyl (C=O) groups excluding carboxylic acids is 1. The lowest BCUT2D eigenvalue weighted by Gasteiger charge is -2.30. The second-order valence-electron chi connectivity index (χ2n) is 8.59. The van der Waals surface area contributed by atoms with E-state index in [4.69, 9.17) is 9.47 Å². The monoisotopic (exact) mass is 466 g/mol. The largest absolute Gasteiger partial charge is 0.481 e. The normalized spacial score (nSPS) is 19.9. The molecule has 10 heteroatoms. The van der Waals surface area contributed by atoms with E-state index in [2.05, 4.69) is 30.9 Å². The van der Waals surface area contributed by atoms with Crippen LogP contribution in [-0.4, -0.2) is 53.2 Å². The number of piperidine rings is 1. The summed E-state index contributed by atoms with van der Waals surface area (Å²) in [4.78, 5) is 24.5. The van der Waals surface area contributed by atoms with Crippen LogP contribution in [-0.2, 0) is 17.8 Å². The molecule has 1 amide bonds. The number of nitrogens with zero attached hydrogens (tertiary/aromatic N) is 3. The first-order chi connectivity index (χ1) is 16.6. The van der Waals surface area contributed by atoms with Gasteiger partial charge in [0.15, 0.2) is 18.2 Å². The minimum Gasteiger partial charge on any atom is -0.481 e. The van der Waals surface area contributed by atoms with Crippen molar-refractivity contribution < 1.29 is 18.7 Å². The van der Waals surface area contributed by atoms with Crippen LogP contribution in [0, 0.1) is 5.82 Å². The SMILES string of the molecule is COc1ccc2ncc(F)c(CC[C@H]3CC[C@H](NCc4ccc5c(n4)NC(=O)CO5)CN3)c2n1. The standard InChI is InChI=1S/C24H27FN6O3/c1-33-22-9-7-19-23(31-22)17(18(25)12-28-19)6-4-14-2-3-15(10-26-14)27-11-16-5-8-20-24(29-16)30-21(32)13-34-20/h5,7-9,12,14-15,26-27H,2-4,6,10-11,13H2,1H3,(H,29,30,32)/t14-,15+/m1/s1. The number of fused-ring (bicyclic) bond motifs is 2. The van der Waals surface area contributed by atoms with Gasteiger partial charge < -0.3 is 25.4 Å². The number of hydrogen-bond donors (Lipinski definition) is 3. The van der Waals surface area contributed by atoms with Crippen molar-refractivity contribution in [2.24, 2.45) is 0 Å². The van der Waals surface area contributed by atoms with Crippen molar-refractivity contribution in [1.82, 2.24) is 25.6 Å². The Balaban J connectivity index is 1.13. The van der Waals surface area contributed by atoms with E-state index in [1.807, 2.05) is 12.1 Å². The highest BCUT2D eigenvalue weighted by Crippen LogP contribution is 2.26. The van der Waals surface area contributed by atoms with Crippen molar-refractivity contribution in [2.45, 2.75) is 44.3 Å². The van der Waals surface area contributed by atoms with Crippen LogP contribution in [0.1, 0.15) is 30.5 Å². The van der Waals surface area contributed by atoms with Gasteiger partial charge in [-0.3, -0.25) is 9.78 Å². The second-order valence-corrected chi connectivity index (χ2v) is 8.59. The van der Waals surface area contributed by atoms with Gasteiger partial charge in [0, 0.05) is 36.8 Å². The van der Waals surface area contributed by atoms with Crippen LogP contribution in [0.5, 0.6) is 11.6 Å². The van der Waals surface area contributed by atoms with Crippen molar-refractivity contribution in [2.75, 3.05) is 25.6 Å². The quantitative estimate of drug-likeness (QED) is 0.487. The summed E-state index contributed by atoms with van der Waals surface area (Å²) in [7, 11) is 1.55. The average molecular weight is 467 g/mol. The first kappa shape index (κ1) is 22.4. The Morgan fingerprint density at radius 3 is 2.97 bits per heavy atom. The van der Waals surface area contributed by atoms with Gasteiger partial charge in [0.05, 0.1) is 30.0 Å². The molecule has 0 aliphatic carbocycles. The zero-order valence-corrected chi connectivity index (χ0v) is 18.9. The van der Waals surface area contributed by atoms with Crippen LogP contribution >= 0.6 is 0 Å². The molecule has 0 bridgehead atoms. The smallest absolute Gasteiger partial charge is 0.263 e. The van der Waals surface area contributed by atoms with Gasteiger partial charge in [0.1, 0.15) is 5.82 Å². The lowest BCUT2D eigenvalue weighted by atomic mass is 9.95. The topological polar surface area (TPSA) is 110 Å². The number of hydrogen-bond acceptors (Lipinski definition) is 8. The number of methoxy groups -OCH3 is 1. The number of ether oxygens (including phenoxy) is 2. The fourth-order valence-corrected chi connectivity index (χ4v) is 4.44. The number of carbonyl (C=O) groups is 1. The van der Waals surface area contributed by atoms with Crippen LogP contribution in [0.2, 0.25) is 0 Å². The van der Waals surface area contributed by atoms with Crippen molar-refractivity contribution in [3.05, 3.63) is 47.5 Å². The number of anilines is 1. The molecule has 3 aromatic rings. The summed E-state index contributed by atoms with van der Waals surface area (Å²) in [5.41, 5.74) is 2.66. The molecule has 5 rings (SSSR count). The predicted octanol–water partition coefficient (Wildman–Crippen LogP) is 2.35. The van der Waals surface area contributed by atoms with E-state index >= 15 is 0 Å². The van der Waals surface area contributed by atoms with Gasteiger partial charge in [-0.15, -0.1) is 0 Å². The number of rotatable bonds is 7. The number of aryl methyl sites for hydroxylation is 1. The molecule has 1 fully saturated rings. The predicted molar refractivity (Wildman–Crippen MR) is 124 cm³/mol. The Morgan fingerprint density at radius 1 is 1.24 bits per heavy atom. The third-order valence-corrected chi connectivity index (χ3v) is 6.31. The molecule has 2 aliphatic rings. The fourth-order valence-electron chi connectivity index (χ4n) is 4.44. The lowest BCUT2D eigenvalue weighted by Crippen LogP contribution is -2.47. The van der Waals surface area contributed by atoms with Gasteiger partial charge in [-0.1, -0.05) is 0 Å². The molecule has 0 saturated carbocycles. The molecule has 0 unspecified atom stereocenters. The summed E-state index contributed by atoms with van der Waals surface area (Å²) < 4.78 is 25.1. The Morgan fingerprint density at radius 2 is 2.15 bits per heavy atom. The van der Waals surface area contributed by atoms with Crippen molar-refractivity contribution in [3.63, 3.8) is 0 Å². The molecular formula is C24H27FN6O3. The van der Waals surface area contributed by atoms with E-state index in [1.54, 1.807) is 19.2 Å². The molecule has 3 aromatic heterocycles. The molecule has 0 spiro atoms. The maximum Gasteiger partial charge on any atom is 0.263 e. The minimum absolute atomic E-state index is 0.0237. The average Bonchev–Trinajstić information content (AvgIpc) is 2.87. The van der Waals surface area contributed by atoms with Crippen LogP contribution in [0.15, 0.2) is 30.5 Å². The second kappa shape index (κ2) is 9.86. The molecule has 1 saturated heterocycles. The first-order valence-corrected chi connectivity index (χ1v) is 11.5. The van der Waals surface area contributed by atoms with Gasteiger partial charge in [-0.2, -0.15) is 0 Å². The highest BCUT2D eigenvalue weighted by atomic mass is 19.1. The molecule has 9 nitrogen and oxygen atoms in total. The summed E-state index contributed by atoms with van der Waals surface area (Å²) in [5, 5.41) is 9.84. The van der Waals surface area contributed by atoms with Gasteiger partial charge in [-0.05, 0) is 43.9 Å². The van der Waals surface area contributed by atoms with Crippen LogP contribution < -0.4 is 25.4 Å². The van der Waals surface area contributed by atoms with Crippen molar-refractivity contribution in [3.8, 4) is 11.6 Å². The molecule has 178 valence electrons. The van der Waals surface area contributed by atoms with E-state index in [0.717, 1.165) is 31.5 Å². The Hall–Kier alpha value is -3.37. The maximum absolute atomic E-state index is 14.5. The molecule has 34 heavy (non-hydrogen) atoms. The zero-order valence-electron chi connectivity index (χ0n) is 18.9. The number of pyridine rings is 3. The molecular weight excluding hydrogens is 439 g/mol. The number of aromatic nitrogens is 3. The number of nitrogens with one attached hydrogen (secondary N) is 3. The maximum atomic E-state index is 14.5. The van der Waals surface area contributed by atoms with Crippen LogP contribution in [0.4, 0.5) is 10.2 Å². The van der Waals surface area contributed by atoms with Gasteiger partial charge in [0.2, 0.25) is 5.88 Å². The minimum atomic E-state index is -0.331. The third-order valence-electron chi connectivity index (χ3n) is 6.31. The molecule has 0 aromatic carbocycles. The highest BCUT2D eigenvalue weighted by Gasteiger charge is 2.22. The summed E-state index contributed by atoms with van der Waals surface area (Å²) >= 11 is 0. The summed E-state index contributed by atoms with van der Waals surface area (Å²) in [6, 6.07) is 7.89. The van der Waals surface area contributed by atoms with E-state index < -0.39 is 0 Å². The van der Waals surface area contributed by atoms with E-state index in [1.165, 1.54) is 6.20 Å². The van der Waals surface area contributed by atoms with Crippen molar-refractivity contribution in [1.29, 1.82) is 0 Å². The van der Waals surface area contributed by atoms with E-state index in [9.17, 15) is 9.18 Å². The van der Waals surface area contributed by atoms with E-state index in [-0.39, 0.29) is 18.3 Å². The molecule has 0 radical (unpaired) electrons. The van der Waals surface area contributed by atoms with Gasteiger partial charge in [0.25, 0.3) is 5.91 Å². The van der Waals surface area contributed by atoms with Gasteiger partial charge >= 0.3 is 0 Å². The Bertz CT molecular complexity index is 1200. The first-order valence-electron chi connectivity index (χ1n) is 11.5. The Labute approximate surface area is 196 Å². The summed E-state index contributed by atoms with van der Waals surface area (Å²) in [5.74, 6) is 0.997. The van der Waals surface area contributed by atoms with E-state index in [0.29, 0.717) is 59.1 Å². The van der Waals surface area contributed by atoms with Crippen LogP contribution in [0.3, 0.4) is 0 Å². The molecule has 2 atom stereocenters. The van der Waals surface area contributed by atoms with Crippen LogP contribution in [0.25, 0.3) is 11.0 Å². The highest BCUT2D eigenvalue weighted by molar-refractivity contribution is 5.94. The summed E-state index contributed by atoms with van der Waals surface area (Å²) in [6.07, 6.45) is 4.66. The lowest BCUT2D eigenvalue weighted by molar-refractivity contribution is -0.118. The fraction of sp³-hybridized carbons (Fsp3) is 0.417. The number of halogens is 1.